The summed E-state index contributed by atoms with van der Waals surface area (Å²) < 4.78 is 6.82. The van der Waals surface area contributed by atoms with E-state index in [1.54, 1.807) is 30.1 Å². The van der Waals surface area contributed by atoms with Gasteiger partial charge in [0.05, 0.1) is 11.3 Å². The van der Waals surface area contributed by atoms with Crippen LogP contribution < -0.4 is 5.56 Å². The summed E-state index contributed by atoms with van der Waals surface area (Å²) in [5.74, 6) is 0.324. The summed E-state index contributed by atoms with van der Waals surface area (Å²) in [4.78, 5) is 30.1. The normalized spacial score (nSPS) is 10.9. The fourth-order valence-corrected chi connectivity index (χ4v) is 3.97. The number of aromatic nitrogens is 2. The van der Waals surface area contributed by atoms with Crippen molar-refractivity contribution in [3.63, 3.8) is 0 Å². The molecule has 0 amide bonds. The molecule has 2 heterocycles. The molecule has 0 fully saturated rings. The minimum Gasteiger partial charge on any atom is -0.456 e. The minimum absolute atomic E-state index is 0.0628. The number of pyridine rings is 1. The highest BCUT2D eigenvalue weighted by Crippen LogP contribution is 2.24. The quantitative estimate of drug-likeness (QED) is 0.294. The zero-order valence-corrected chi connectivity index (χ0v) is 18.3. The first-order valence-corrected chi connectivity index (χ1v) is 11.0. The van der Waals surface area contributed by atoms with Crippen molar-refractivity contribution in [2.24, 2.45) is 0 Å². The molecule has 0 aliphatic heterocycles. The zero-order chi connectivity index (χ0) is 21.8. The number of halogens is 1. The topological polar surface area (TPSA) is 60.7 Å². The first kappa shape index (κ1) is 21.2. The smallest absolute Gasteiger partial charge is 0.338 e. The molecule has 2 aromatic heterocycles. The lowest BCUT2D eigenvalue weighted by atomic mass is 10.1. The molecule has 2 aromatic carbocycles. The maximum atomic E-state index is 12.4. The monoisotopic (exact) mass is 450 g/mol. The van der Waals surface area contributed by atoms with E-state index in [9.17, 15) is 9.59 Å². The van der Waals surface area contributed by atoms with Crippen LogP contribution in [-0.2, 0) is 17.1 Å². The number of carbonyl (C=O) groups excluding carboxylic acids is 1. The van der Waals surface area contributed by atoms with E-state index in [4.69, 9.17) is 16.3 Å². The number of fused-ring (bicyclic) bond motifs is 1. The molecule has 0 saturated heterocycles. The number of thioether (sulfide) groups is 1. The number of nitrogens with zero attached hydrogens (tertiary/aromatic N) is 2. The number of rotatable bonds is 6. The van der Waals surface area contributed by atoms with Crippen molar-refractivity contribution in [1.82, 2.24) is 9.38 Å². The van der Waals surface area contributed by atoms with Crippen molar-refractivity contribution in [2.45, 2.75) is 24.2 Å². The van der Waals surface area contributed by atoms with Crippen molar-refractivity contribution >= 4 is 35.0 Å². The molecule has 4 rings (SSSR count). The van der Waals surface area contributed by atoms with E-state index in [2.05, 4.69) is 4.98 Å². The summed E-state index contributed by atoms with van der Waals surface area (Å²) in [6.07, 6.45) is 1.68. The van der Waals surface area contributed by atoms with Crippen LogP contribution in [0.15, 0.2) is 82.6 Å². The van der Waals surface area contributed by atoms with E-state index in [-0.39, 0.29) is 12.2 Å². The van der Waals surface area contributed by atoms with Gasteiger partial charge < -0.3 is 4.74 Å². The van der Waals surface area contributed by atoms with Gasteiger partial charge >= 0.3 is 5.97 Å². The average molecular weight is 451 g/mol. The third kappa shape index (κ3) is 5.34. The summed E-state index contributed by atoms with van der Waals surface area (Å²) >= 11 is 7.60. The number of hydrogen-bond donors (Lipinski definition) is 0. The van der Waals surface area contributed by atoms with Crippen LogP contribution in [0.1, 0.15) is 27.2 Å². The van der Waals surface area contributed by atoms with Gasteiger partial charge in [0.15, 0.2) is 0 Å². The van der Waals surface area contributed by atoms with E-state index < -0.39 is 5.97 Å². The van der Waals surface area contributed by atoms with Gasteiger partial charge in [0.1, 0.15) is 12.3 Å². The lowest BCUT2D eigenvalue weighted by molar-refractivity contribution is 0.0467. The van der Waals surface area contributed by atoms with Crippen molar-refractivity contribution in [3.8, 4) is 0 Å². The van der Waals surface area contributed by atoms with E-state index in [1.807, 2.05) is 55.5 Å². The van der Waals surface area contributed by atoms with Gasteiger partial charge in [0.25, 0.3) is 5.56 Å². The number of hydrogen-bond acceptors (Lipinski definition) is 5. The van der Waals surface area contributed by atoms with Crippen LogP contribution in [0.4, 0.5) is 0 Å². The Balaban J connectivity index is 1.37. The van der Waals surface area contributed by atoms with Gasteiger partial charge in [-0.1, -0.05) is 23.7 Å². The maximum absolute atomic E-state index is 12.4. The van der Waals surface area contributed by atoms with Crippen LogP contribution >= 0.6 is 23.4 Å². The molecule has 0 aliphatic rings. The van der Waals surface area contributed by atoms with Gasteiger partial charge in [-0.3, -0.25) is 9.20 Å². The summed E-state index contributed by atoms with van der Waals surface area (Å²) in [5.41, 5.74) is 3.28. The molecule has 7 heteroatoms. The fraction of sp³-hybridized carbons (Fsp3) is 0.125. The first-order valence-electron chi connectivity index (χ1n) is 9.61. The second kappa shape index (κ2) is 9.37. The molecule has 31 heavy (non-hydrogen) atoms. The summed E-state index contributed by atoms with van der Waals surface area (Å²) in [5, 5.41) is 0.714. The van der Waals surface area contributed by atoms with Crippen LogP contribution in [0, 0.1) is 6.92 Å². The number of esters is 1. The molecule has 0 aliphatic carbocycles. The molecular formula is C24H19ClN2O3S. The third-order valence-corrected chi connectivity index (χ3v) is 5.97. The van der Waals surface area contributed by atoms with E-state index >= 15 is 0 Å². The third-order valence-electron chi connectivity index (χ3n) is 4.64. The van der Waals surface area contributed by atoms with Crippen molar-refractivity contribution in [1.29, 1.82) is 0 Å². The molecule has 0 bridgehead atoms. The van der Waals surface area contributed by atoms with Gasteiger partial charge in [-0.15, -0.1) is 11.8 Å². The largest absolute Gasteiger partial charge is 0.456 e. The molecule has 156 valence electrons. The minimum atomic E-state index is -0.455. The Morgan fingerprint density at radius 1 is 1.06 bits per heavy atom. The Bertz CT molecular complexity index is 1290. The molecule has 0 spiro atoms. The molecule has 5 nitrogen and oxygen atoms in total. The van der Waals surface area contributed by atoms with Crippen molar-refractivity contribution in [2.75, 3.05) is 0 Å². The fourth-order valence-electron chi connectivity index (χ4n) is 2.99. The molecule has 4 aromatic rings. The Labute approximate surface area is 188 Å². The second-order valence-electron chi connectivity index (χ2n) is 7.03. The van der Waals surface area contributed by atoms with Crippen molar-refractivity contribution in [3.05, 3.63) is 111 Å². The Morgan fingerprint density at radius 3 is 2.55 bits per heavy atom. The van der Waals surface area contributed by atoms with Gasteiger partial charge in [0.2, 0.25) is 0 Å². The highest BCUT2D eigenvalue weighted by molar-refractivity contribution is 7.98. The lowest BCUT2D eigenvalue weighted by Crippen LogP contribution is -2.16. The van der Waals surface area contributed by atoms with Crippen molar-refractivity contribution < 1.29 is 9.53 Å². The highest BCUT2D eigenvalue weighted by Gasteiger charge is 2.10. The predicted molar refractivity (Wildman–Crippen MR) is 123 cm³/mol. The summed E-state index contributed by atoms with van der Waals surface area (Å²) in [6.45, 7) is 1.86. The van der Waals surface area contributed by atoms with Crippen LogP contribution in [0.2, 0.25) is 5.02 Å². The molecule has 0 unspecified atom stereocenters. The Morgan fingerprint density at radius 2 is 1.81 bits per heavy atom. The van der Waals surface area contributed by atoms with Gasteiger partial charge in [-0.05, 0) is 66.6 Å². The van der Waals surface area contributed by atoms with Gasteiger partial charge in [-0.25, -0.2) is 9.78 Å². The predicted octanol–water partition coefficient (Wildman–Crippen LogP) is 5.31. The first-order chi connectivity index (χ1) is 15.0. The molecule has 0 N–H and O–H groups in total. The SMILES string of the molecule is Cc1ccn2c(=O)cc(COC(=O)c3ccc(CSc4ccc(Cl)cc4)cc3)nc2c1. The van der Waals surface area contributed by atoms with Crippen LogP contribution in [0.5, 0.6) is 0 Å². The molecular weight excluding hydrogens is 432 g/mol. The second-order valence-corrected chi connectivity index (χ2v) is 8.52. The van der Waals surface area contributed by atoms with Crippen LogP contribution in [-0.4, -0.2) is 15.4 Å². The summed E-state index contributed by atoms with van der Waals surface area (Å²) in [6, 6.07) is 20.0. The Kier molecular flexibility index (Phi) is 6.39. The zero-order valence-electron chi connectivity index (χ0n) is 16.7. The van der Waals surface area contributed by atoms with E-state index in [1.165, 1.54) is 10.5 Å². The number of benzene rings is 2. The molecule has 0 atom stereocenters. The highest BCUT2D eigenvalue weighted by atomic mass is 35.5. The van der Waals surface area contributed by atoms with Gasteiger partial charge in [0, 0.05) is 27.9 Å². The average Bonchev–Trinajstić information content (AvgIpc) is 2.77. The maximum Gasteiger partial charge on any atom is 0.338 e. The number of ether oxygens (including phenoxy) is 1. The Hall–Kier alpha value is -3.09. The molecule has 0 saturated carbocycles. The summed E-state index contributed by atoms with van der Waals surface area (Å²) in [7, 11) is 0. The number of carbonyl (C=O) groups is 1. The standard InChI is InChI=1S/C24H19ClN2O3S/c1-16-10-11-27-22(12-16)26-20(13-23(27)28)14-30-24(29)18-4-2-17(3-5-18)15-31-21-8-6-19(25)7-9-21/h2-13H,14-15H2,1H3. The van der Waals surface area contributed by atoms with E-state index in [0.29, 0.717) is 21.9 Å². The molecule has 0 radical (unpaired) electrons. The number of aryl methyl sites for hydroxylation is 1. The lowest BCUT2D eigenvalue weighted by Gasteiger charge is -2.07. The van der Waals surface area contributed by atoms with Gasteiger partial charge in [-0.2, -0.15) is 0 Å². The van der Waals surface area contributed by atoms with E-state index in [0.717, 1.165) is 21.8 Å². The van der Waals surface area contributed by atoms with Crippen LogP contribution in [0.25, 0.3) is 5.65 Å². The van der Waals surface area contributed by atoms with Crippen LogP contribution in [0.3, 0.4) is 0 Å².